The van der Waals surface area contributed by atoms with E-state index < -0.39 is 0 Å². The number of rotatable bonds is 5. The van der Waals surface area contributed by atoms with E-state index in [0.29, 0.717) is 19.0 Å². The predicted octanol–water partition coefficient (Wildman–Crippen LogP) is 2.41. The fourth-order valence-corrected chi connectivity index (χ4v) is 5.68. The van der Waals surface area contributed by atoms with E-state index in [1.165, 1.54) is 28.2 Å². The Balaban J connectivity index is 1.23. The fourth-order valence-electron chi connectivity index (χ4n) is 4.75. The highest BCUT2D eigenvalue weighted by Gasteiger charge is 2.43. The summed E-state index contributed by atoms with van der Waals surface area (Å²) in [4.78, 5) is 29.3. The summed E-state index contributed by atoms with van der Waals surface area (Å²) < 4.78 is 0. The first-order valence-electron chi connectivity index (χ1n) is 10.3. The standard InChI is InChI=1S/C22H25N3O2S/c26-20(23-16-5-7-17(8-6-16)25-11-1-2-21(25)27)14-24-12-9-19-18(10-13-28-19)22(24)15-3-4-15/h5-8,10,13,15,22H,1-4,9,11-12,14H2,(H,23,26)/p+1/t22-/m1/s1. The molecule has 3 heterocycles. The molecule has 1 aromatic carbocycles. The number of hydrogen-bond acceptors (Lipinski definition) is 3. The van der Waals surface area contributed by atoms with Gasteiger partial charge in [0.1, 0.15) is 6.04 Å². The Morgan fingerprint density at radius 2 is 2.00 bits per heavy atom. The van der Waals surface area contributed by atoms with Crippen LogP contribution < -0.4 is 15.1 Å². The van der Waals surface area contributed by atoms with Gasteiger partial charge < -0.3 is 15.1 Å². The van der Waals surface area contributed by atoms with Crippen LogP contribution in [0.2, 0.25) is 0 Å². The first-order valence-corrected chi connectivity index (χ1v) is 11.2. The summed E-state index contributed by atoms with van der Waals surface area (Å²) in [5.41, 5.74) is 3.21. The first-order chi connectivity index (χ1) is 13.7. The molecule has 1 saturated heterocycles. The highest BCUT2D eigenvalue weighted by atomic mass is 32.1. The summed E-state index contributed by atoms with van der Waals surface area (Å²) in [5, 5.41) is 5.26. The average molecular weight is 397 g/mol. The molecule has 5 rings (SSSR count). The van der Waals surface area contributed by atoms with Crippen LogP contribution in [0.25, 0.3) is 0 Å². The van der Waals surface area contributed by atoms with Crippen molar-refractivity contribution in [2.24, 2.45) is 5.92 Å². The summed E-state index contributed by atoms with van der Waals surface area (Å²) in [5.74, 6) is 1.00. The summed E-state index contributed by atoms with van der Waals surface area (Å²) >= 11 is 1.87. The van der Waals surface area contributed by atoms with Crippen molar-refractivity contribution in [1.82, 2.24) is 0 Å². The fraction of sp³-hybridized carbons (Fsp3) is 0.455. The van der Waals surface area contributed by atoms with Crippen molar-refractivity contribution in [3.05, 3.63) is 46.2 Å². The number of thiophene rings is 1. The Hall–Kier alpha value is -2.18. The summed E-state index contributed by atoms with van der Waals surface area (Å²) in [6.45, 7) is 2.34. The molecule has 1 aromatic heterocycles. The second kappa shape index (κ2) is 7.33. The van der Waals surface area contributed by atoms with E-state index in [4.69, 9.17) is 0 Å². The number of benzene rings is 1. The van der Waals surface area contributed by atoms with Crippen LogP contribution in [0.1, 0.15) is 42.2 Å². The van der Waals surface area contributed by atoms with Crippen LogP contribution in [0, 0.1) is 5.92 Å². The molecule has 2 aliphatic heterocycles. The van der Waals surface area contributed by atoms with Gasteiger partial charge in [0.05, 0.1) is 6.54 Å². The van der Waals surface area contributed by atoms with E-state index >= 15 is 0 Å². The Morgan fingerprint density at radius 3 is 2.71 bits per heavy atom. The van der Waals surface area contributed by atoms with Gasteiger partial charge in [0, 0.05) is 47.1 Å². The topological polar surface area (TPSA) is 53.9 Å². The van der Waals surface area contributed by atoms with E-state index in [9.17, 15) is 9.59 Å². The zero-order chi connectivity index (χ0) is 19.1. The molecule has 6 heteroatoms. The van der Waals surface area contributed by atoms with Crippen LogP contribution in [-0.2, 0) is 16.0 Å². The number of nitrogens with one attached hydrogen (secondary N) is 2. The number of fused-ring (bicyclic) bond motifs is 1. The molecule has 28 heavy (non-hydrogen) atoms. The molecule has 3 aliphatic rings. The Labute approximate surface area is 169 Å². The number of quaternary nitrogens is 1. The Morgan fingerprint density at radius 1 is 1.18 bits per heavy atom. The van der Waals surface area contributed by atoms with Gasteiger partial charge in [0.25, 0.3) is 5.91 Å². The Kier molecular flexibility index (Phi) is 4.69. The minimum absolute atomic E-state index is 0.0735. The third-order valence-corrected chi connectivity index (χ3v) is 7.24. The first kappa shape index (κ1) is 17.9. The number of carbonyl (C=O) groups is 2. The smallest absolute Gasteiger partial charge is 0.279 e. The van der Waals surface area contributed by atoms with E-state index in [1.54, 1.807) is 0 Å². The number of hydrogen-bond donors (Lipinski definition) is 2. The average Bonchev–Trinajstić information content (AvgIpc) is 3.25. The maximum absolute atomic E-state index is 12.7. The molecule has 2 fully saturated rings. The normalized spacial score (nSPS) is 24.3. The van der Waals surface area contributed by atoms with Crippen LogP contribution in [0.4, 0.5) is 11.4 Å². The lowest BCUT2D eigenvalue weighted by molar-refractivity contribution is -0.928. The van der Waals surface area contributed by atoms with Crippen LogP contribution >= 0.6 is 11.3 Å². The van der Waals surface area contributed by atoms with E-state index in [-0.39, 0.29) is 11.8 Å². The molecule has 0 spiro atoms. The zero-order valence-electron chi connectivity index (χ0n) is 15.9. The highest BCUT2D eigenvalue weighted by molar-refractivity contribution is 7.10. The molecule has 1 aliphatic carbocycles. The largest absolute Gasteiger partial charge is 0.321 e. The summed E-state index contributed by atoms with van der Waals surface area (Å²) in [6, 6.07) is 10.4. The molecule has 2 atom stereocenters. The molecule has 5 nitrogen and oxygen atoms in total. The third kappa shape index (κ3) is 3.47. The van der Waals surface area contributed by atoms with Crippen LogP contribution in [-0.4, -0.2) is 31.4 Å². The number of nitrogens with zero attached hydrogens (tertiary/aromatic N) is 1. The molecule has 146 valence electrons. The molecule has 1 saturated carbocycles. The molecule has 2 N–H and O–H groups in total. The van der Waals surface area contributed by atoms with Gasteiger partial charge in [-0.1, -0.05) is 0 Å². The number of carbonyl (C=O) groups excluding carboxylic acids is 2. The van der Waals surface area contributed by atoms with E-state index in [0.717, 1.165) is 43.2 Å². The lowest BCUT2D eigenvalue weighted by Crippen LogP contribution is -3.14. The van der Waals surface area contributed by atoms with Crippen molar-refractivity contribution < 1.29 is 14.5 Å². The van der Waals surface area contributed by atoms with Crippen LogP contribution in [0.3, 0.4) is 0 Å². The molecule has 2 aromatic rings. The van der Waals surface area contributed by atoms with Crippen LogP contribution in [0.5, 0.6) is 0 Å². The second-order valence-corrected chi connectivity index (χ2v) is 9.19. The van der Waals surface area contributed by atoms with Gasteiger partial charge in [-0.2, -0.15) is 0 Å². The molecular weight excluding hydrogens is 370 g/mol. The minimum Gasteiger partial charge on any atom is -0.321 e. The van der Waals surface area contributed by atoms with Gasteiger partial charge in [0.15, 0.2) is 6.54 Å². The third-order valence-electron chi connectivity index (χ3n) is 6.25. The van der Waals surface area contributed by atoms with Crippen molar-refractivity contribution in [2.75, 3.05) is 29.9 Å². The quantitative estimate of drug-likeness (QED) is 0.816. The molecule has 1 unspecified atom stereocenters. The van der Waals surface area contributed by atoms with Gasteiger partial charge in [0.2, 0.25) is 5.91 Å². The van der Waals surface area contributed by atoms with E-state index in [2.05, 4.69) is 16.8 Å². The summed E-state index contributed by atoms with van der Waals surface area (Å²) in [7, 11) is 0. The van der Waals surface area contributed by atoms with Crippen molar-refractivity contribution in [2.45, 2.75) is 38.1 Å². The van der Waals surface area contributed by atoms with Crippen LogP contribution in [0.15, 0.2) is 35.7 Å². The maximum Gasteiger partial charge on any atom is 0.279 e. The minimum atomic E-state index is 0.0735. The van der Waals surface area contributed by atoms with E-state index in [1.807, 2.05) is 40.5 Å². The molecule has 0 bridgehead atoms. The molecular formula is C22H26N3O2S+. The lowest BCUT2D eigenvalue weighted by Gasteiger charge is -2.32. The van der Waals surface area contributed by atoms with Gasteiger partial charge in [-0.25, -0.2) is 0 Å². The van der Waals surface area contributed by atoms with Crippen molar-refractivity contribution in [1.29, 1.82) is 0 Å². The van der Waals surface area contributed by atoms with Crippen molar-refractivity contribution in [3.8, 4) is 0 Å². The molecule has 0 radical (unpaired) electrons. The second-order valence-electron chi connectivity index (χ2n) is 8.19. The monoisotopic (exact) mass is 396 g/mol. The lowest BCUT2D eigenvalue weighted by atomic mass is 9.96. The SMILES string of the molecule is O=C(C[NH+]1CCc2sccc2[C@H]1C1CC1)Nc1ccc(N2CCCC2=O)cc1. The molecule has 2 amide bonds. The predicted molar refractivity (Wildman–Crippen MR) is 111 cm³/mol. The zero-order valence-corrected chi connectivity index (χ0v) is 16.8. The number of anilines is 2. The van der Waals surface area contributed by atoms with Gasteiger partial charge >= 0.3 is 0 Å². The highest BCUT2D eigenvalue weighted by Crippen LogP contribution is 2.42. The summed E-state index contributed by atoms with van der Waals surface area (Å²) in [6.07, 6.45) is 5.22. The van der Waals surface area contributed by atoms with Gasteiger partial charge in [-0.05, 0) is 55.0 Å². The number of amides is 2. The van der Waals surface area contributed by atoms with Gasteiger partial charge in [-0.15, -0.1) is 11.3 Å². The Bertz CT molecular complexity index is 887. The van der Waals surface area contributed by atoms with Crippen molar-refractivity contribution in [3.63, 3.8) is 0 Å². The van der Waals surface area contributed by atoms with Crippen molar-refractivity contribution >= 4 is 34.5 Å². The van der Waals surface area contributed by atoms with Gasteiger partial charge in [-0.3, -0.25) is 9.59 Å². The maximum atomic E-state index is 12.7.